The number of hydrogen-bond acceptors (Lipinski definition) is 3. The number of H-pyrrole nitrogens is 1. The number of carbonyl (C=O) groups excluding carboxylic acids is 2. The van der Waals surface area contributed by atoms with Crippen molar-refractivity contribution in [1.82, 2.24) is 15.8 Å². The lowest BCUT2D eigenvalue weighted by Gasteiger charge is -2.10. The van der Waals surface area contributed by atoms with Gasteiger partial charge in [-0.15, -0.1) is 0 Å². The number of carbonyl (C=O) groups is 2. The fraction of sp³-hybridized carbons (Fsp3) is 0.111. The van der Waals surface area contributed by atoms with Crippen molar-refractivity contribution < 1.29 is 18.7 Å². The number of methoxy groups -OCH3 is 1. The smallest absolute Gasteiger partial charge is 0.273 e. The molecule has 128 valence electrons. The predicted molar refractivity (Wildman–Crippen MR) is 90.6 cm³/mol. The Bertz CT molecular complexity index is 936. The Morgan fingerprint density at radius 2 is 1.96 bits per heavy atom. The molecule has 7 heteroatoms. The van der Waals surface area contributed by atoms with Crippen LogP contribution in [0.3, 0.4) is 0 Å². The zero-order valence-corrected chi connectivity index (χ0v) is 13.4. The van der Waals surface area contributed by atoms with Gasteiger partial charge in [0.2, 0.25) is 5.91 Å². The maximum atomic E-state index is 13.3. The molecule has 0 spiro atoms. The van der Waals surface area contributed by atoms with Gasteiger partial charge in [0, 0.05) is 17.1 Å². The van der Waals surface area contributed by atoms with Crippen molar-refractivity contribution >= 4 is 22.7 Å². The van der Waals surface area contributed by atoms with Gasteiger partial charge in [-0.3, -0.25) is 20.4 Å². The van der Waals surface area contributed by atoms with Crippen molar-refractivity contribution in [2.24, 2.45) is 0 Å². The molecule has 1 heterocycles. The van der Waals surface area contributed by atoms with Gasteiger partial charge in [0.1, 0.15) is 11.6 Å². The first-order chi connectivity index (χ1) is 12.1. The molecule has 0 aliphatic carbocycles. The van der Waals surface area contributed by atoms with Gasteiger partial charge in [-0.05, 0) is 29.8 Å². The van der Waals surface area contributed by atoms with Crippen LogP contribution in [0.2, 0.25) is 0 Å². The molecule has 1 aromatic heterocycles. The molecule has 0 saturated carbocycles. The number of ether oxygens (including phenoxy) is 1. The van der Waals surface area contributed by atoms with Crippen LogP contribution in [0.4, 0.5) is 4.39 Å². The van der Waals surface area contributed by atoms with E-state index in [4.69, 9.17) is 4.74 Å². The number of hydrazine groups is 1. The molecule has 0 atom stereocenters. The molecule has 0 saturated heterocycles. The van der Waals surface area contributed by atoms with Crippen LogP contribution in [-0.2, 0) is 11.2 Å². The SMILES string of the molecule is COc1ccc(F)cc1C(=O)NNC(=O)Cc1c[nH]c2ccccc12. The van der Waals surface area contributed by atoms with Gasteiger partial charge in [-0.1, -0.05) is 18.2 Å². The summed E-state index contributed by atoms with van der Waals surface area (Å²) in [6.45, 7) is 0. The highest BCUT2D eigenvalue weighted by molar-refractivity contribution is 5.98. The quantitative estimate of drug-likeness (QED) is 0.637. The largest absolute Gasteiger partial charge is 0.496 e. The summed E-state index contributed by atoms with van der Waals surface area (Å²) >= 11 is 0. The van der Waals surface area contributed by atoms with Crippen molar-refractivity contribution in [2.75, 3.05) is 7.11 Å². The fourth-order valence-corrected chi connectivity index (χ4v) is 2.55. The summed E-state index contributed by atoms with van der Waals surface area (Å²) in [5.41, 5.74) is 6.33. The van der Waals surface area contributed by atoms with Crippen LogP contribution < -0.4 is 15.6 Å². The number of amides is 2. The number of fused-ring (bicyclic) bond motifs is 1. The van der Waals surface area contributed by atoms with Gasteiger partial charge < -0.3 is 9.72 Å². The van der Waals surface area contributed by atoms with Gasteiger partial charge in [-0.25, -0.2) is 4.39 Å². The molecule has 0 radical (unpaired) electrons. The highest BCUT2D eigenvalue weighted by Crippen LogP contribution is 2.19. The summed E-state index contributed by atoms with van der Waals surface area (Å²) < 4.78 is 18.3. The van der Waals surface area contributed by atoms with Crippen molar-refractivity contribution in [1.29, 1.82) is 0 Å². The van der Waals surface area contributed by atoms with Crippen molar-refractivity contribution in [3.8, 4) is 5.75 Å². The molecule has 3 aromatic rings. The van der Waals surface area contributed by atoms with E-state index in [0.717, 1.165) is 22.5 Å². The molecule has 0 unspecified atom stereocenters. The van der Waals surface area contributed by atoms with E-state index in [1.54, 1.807) is 6.20 Å². The number of aromatic nitrogens is 1. The van der Waals surface area contributed by atoms with Crippen molar-refractivity contribution in [2.45, 2.75) is 6.42 Å². The molecule has 0 aliphatic rings. The van der Waals surface area contributed by atoms with E-state index >= 15 is 0 Å². The van der Waals surface area contributed by atoms with Crippen LogP contribution >= 0.6 is 0 Å². The average molecular weight is 341 g/mol. The second-order valence-corrected chi connectivity index (χ2v) is 5.38. The number of aromatic amines is 1. The number of hydrogen-bond donors (Lipinski definition) is 3. The molecular weight excluding hydrogens is 325 g/mol. The zero-order valence-electron chi connectivity index (χ0n) is 13.4. The van der Waals surface area contributed by atoms with Crippen LogP contribution in [0.25, 0.3) is 10.9 Å². The molecule has 2 amide bonds. The topological polar surface area (TPSA) is 83.2 Å². The highest BCUT2D eigenvalue weighted by atomic mass is 19.1. The minimum atomic E-state index is -0.663. The van der Waals surface area contributed by atoms with Crippen LogP contribution in [0.15, 0.2) is 48.7 Å². The summed E-state index contributed by atoms with van der Waals surface area (Å²) in [6.07, 6.45) is 1.84. The van der Waals surface area contributed by atoms with E-state index in [0.29, 0.717) is 0 Å². The molecule has 3 rings (SSSR count). The normalized spacial score (nSPS) is 10.5. The summed E-state index contributed by atoms with van der Waals surface area (Å²) in [7, 11) is 1.37. The molecule has 3 N–H and O–H groups in total. The van der Waals surface area contributed by atoms with Crippen LogP contribution in [0.5, 0.6) is 5.75 Å². The number of nitrogens with one attached hydrogen (secondary N) is 3. The first-order valence-electron chi connectivity index (χ1n) is 7.56. The molecule has 0 bridgehead atoms. The standard InChI is InChI=1S/C18H16FN3O3/c1-25-16-7-6-12(19)9-14(16)18(24)22-21-17(23)8-11-10-20-15-5-3-2-4-13(11)15/h2-7,9-10,20H,8H2,1H3,(H,21,23)(H,22,24). The lowest BCUT2D eigenvalue weighted by Crippen LogP contribution is -2.42. The number of halogens is 1. The third kappa shape index (κ3) is 3.60. The van der Waals surface area contributed by atoms with Gasteiger partial charge in [0.05, 0.1) is 19.1 Å². The molecule has 2 aromatic carbocycles. The molecular formula is C18H16FN3O3. The summed E-state index contributed by atoms with van der Waals surface area (Å²) in [4.78, 5) is 27.3. The van der Waals surface area contributed by atoms with Crippen molar-refractivity contribution in [3.63, 3.8) is 0 Å². The van der Waals surface area contributed by atoms with Gasteiger partial charge >= 0.3 is 0 Å². The van der Waals surface area contributed by atoms with E-state index in [1.807, 2.05) is 24.3 Å². The Labute approximate surface area is 143 Å². The number of para-hydroxylation sites is 1. The predicted octanol–water partition coefficient (Wildman–Crippen LogP) is 2.32. The minimum Gasteiger partial charge on any atom is -0.496 e. The van der Waals surface area contributed by atoms with E-state index in [1.165, 1.54) is 19.2 Å². The van der Waals surface area contributed by atoms with Crippen LogP contribution in [0.1, 0.15) is 15.9 Å². The minimum absolute atomic E-state index is 0.00473. The second kappa shape index (κ2) is 7.04. The van der Waals surface area contributed by atoms with Gasteiger partial charge in [0.15, 0.2) is 0 Å². The number of benzene rings is 2. The number of rotatable bonds is 4. The third-order valence-corrected chi connectivity index (χ3v) is 3.75. The Hall–Kier alpha value is -3.35. The lowest BCUT2D eigenvalue weighted by atomic mass is 10.1. The Kier molecular flexibility index (Phi) is 4.65. The maximum Gasteiger partial charge on any atom is 0.273 e. The third-order valence-electron chi connectivity index (χ3n) is 3.75. The highest BCUT2D eigenvalue weighted by Gasteiger charge is 2.15. The first-order valence-corrected chi connectivity index (χ1v) is 7.56. The van der Waals surface area contributed by atoms with Crippen LogP contribution in [-0.4, -0.2) is 23.9 Å². The van der Waals surface area contributed by atoms with E-state index in [9.17, 15) is 14.0 Å². The van der Waals surface area contributed by atoms with E-state index in [2.05, 4.69) is 15.8 Å². The van der Waals surface area contributed by atoms with Gasteiger partial charge in [-0.2, -0.15) is 0 Å². The fourth-order valence-electron chi connectivity index (χ4n) is 2.55. The lowest BCUT2D eigenvalue weighted by molar-refractivity contribution is -0.121. The van der Waals surface area contributed by atoms with Crippen LogP contribution in [0, 0.1) is 5.82 Å². The summed E-state index contributed by atoms with van der Waals surface area (Å²) in [5, 5.41) is 0.941. The van der Waals surface area contributed by atoms with Crippen molar-refractivity contribution in [3.05, 3.63) is 65.6 Å². The van der Waals surface area contributed by atoms with Gasteiger partial charge in [0.25, 0.3) is 5.91 Å². The monoisotopic (exact) mass is 341 g/mol. The zero-order chi connectivity index (χ0) is 17.8. The molecule has 0 fully saturated rings. The summed E-state index contributed by atoms with van der Waals surface area (Å²) in [6, 6.07) is 11.2. The Morgan fingerprint density at radius 1 is 1.16 bits per heavy atom. The Morgan fingerprint density at radius 3 is 2.76 bits per heavy atom. The molecule has 25 heavy (non-hydrogen) atoms. The average Bonchev–Trinajstić information content (AvgIpc) is 3.02. The first kappa shape index (κ1) is 16.5. The second-order valence-electron chi connectivity index (χ2n) is 5.38. The molecule has 6 nitrogen and oxygen atoms in total. The summed E-state index contributed by atoms with van der Waals surface area (Å²) in [5.74, 6) is -1.42. The Balaban J connectivity index is 1.64. The molecule has 0 aliphatic heterocycles. The maximum absolute atomic E-state index is 13.3. The van der Waals surface area contributed by atoms with E-state index < -0.39 is 17.6 Å². The van der Waals surface area contributed by atoms with E-state index in [-0.39, 0.29) is 17.7 Å².